The van der Waals surface area contributed by atoms with E-state index in [9.17, 15) is 4.79 Å². The van der Waals surface area contributed by atoms with E-state index in [2.05, 4.69) is 4.90 Å². The third-order valence-electron chi connectivity index (χ3n) is 6.41. The van der Waals surface area contributed by atoms with Crippen molar-refractivity contribution in [1.82, 2.24) is 19.7 Å². The lowest BCUT2D eigenvalue weighted by Crippen LogP contribution is -2.37. The van der Waals surface area contributed by atoms with Gasteiger partial charge in [0.2, 0.25) is 0 Å². The highest BCUT2D eigenvalue weighted by Crippen LogP contribution is 2.29. The van der Waals surface area contributed by atoms with Gasteiger partial charge in [-0.3, -0.25) is 9.69 Å². The quantitative estimate of drug-likeness (QED) is 0.813. The van der Waals surface area contributed by atoms with Gasteiger partial charge < -0.3 is 0 Å². The minimum absolute atomic E-state index is 0.0929. The van der Waals surface area contributed by atoms with E-state index in [0.29, 0.717) is 5.92 Å². The second kappa shape index (κ2) is 7.47. The fourth-order valence-electron chi connectivity index (χ4n) is 4.81. The van der Waals surface area contributed by atoms with E-state index in [4.69, 9.17) is 10.1 Å². The molecule has 1 fully saturated rings. The Morgan fingerprint density at radius 3 is 2.70 bits per heavy atom. The molecule has 3 heterocycles. The third kappa shape index (κ3) is 3.74. The lowest BCUT2D eigenvalue weighted by atomic mass is 9.96. The Hall–Kier alpha value is -1.53. The lowest BCUT2D eigenvalue weighted by molar-refractivity contribution is 0.163. The highest BCUT2D eigenvalue weighted by Gasteiger charge is 2.23. The third-order valence-corrected chi connectivity index (χ3v) is 7.55. The number of hydrogen-bond donors (Lipinski definition) is 0. The first-order valence-corrected chi connectivity index (χ1v) is 11.4. The summed E-state index contributed by atoms with van der Waals surface area (Å²) in [5.74, 6) is 0.564. The number of nitrogens with zero attached hydrogens (tertiary/aromatic N) is 4. The van der Waals surface area contributed by atoms with Gasteiger partial charge in [0.05, 0.1) is 17.9 Å². The molecule has 2 aromatic rings. The van der Waals surface area contributed by atoms with Crippen LogP contribution in [0.25, 0.3) is 0 Å². The van der Waals surface area contributed by atoms with Gasteiger partial charge in [-0.1, -0.05) is 0 Å². The largest absolute Gasteiger partial charge is 0.297 e. The maximum Gasteiger partial charge on any atom is 0.267 e. The lowest BCUT2D eigenvalue weighted by Gasteiger charge is -2.31. The molecule has 27 heavy (non-hydrogen) atoms. The fraction of sp³-hybridized carbons (Fsp3) is 0.667. The van der Waals surface area contributed by atoms with Gasteiger partial charge in [-0.2, -0.15) is 5.10 Å². The zero-order valence-corrected chi connectivity index (χ0v) is 16.8. The average Bonchev–Trinajstić information content (AvgIpc) is 3.25. The van der Waals surface area contributed by atoms with E-state index in [0.717, 1.165) is 57.6 Å². The Kier molecular flexibility index (Phi) is 4.86. The molecule has 5 nitrogen and oxygen atoms in total. The van der Waals surface area contributed by atoms with Gasteiger partial charge in [0.25, 0.3) is 5.56 Å². The van der Waals surface area contributed by atoms with Crippen molar-refractivity contribution in [1.29, 1.82) is 0 Å². The van der Waals surface area contributed by atoms with E-state index in [1.807, 2.05) is 17.4 Å². The van der Waals surface area contributed by atoms with Crippen LogP contribution in [0.2, 0.25) is 0 Å². The van der Waals surface area contributed by atoms with Gasteiger partial charge in [-0.15, -0.1) is 11.3 Å². The number of fused-ring (bicyclic) bond motifs is 2. The van der Waals surface area contributed by atoms with Crippen LogP contribution < -0.4 is 5.56 Å². The van der Waals surface area contributed by atoms with Crippen LogP contribution in [-0.4, -0.2) is 32.8 Å². The van der Waals surface area contributed by atoms with Crippen LogP contribution in [0.4, 0.5) is 0 Å². The van der Waals surface area contributed by atoms with Gasteiger partial charge in [0.15, 0.2) is 0 Å². The van der Waals surface area contributed by atoms with E-state index in [-0.39, 0.29) is 5.56 Å². The molecule has 1 aliphatic heterocycles. The molecular weight excluding hydrogens is 356 g/mol. The van der Waals surface area contributed by atoms with Crippen molar-refractivity contribution >= 4 is 11.3 Å². The van der Waals surface area contributed by atoms with E-state index >= 15 is 0 Å². The summed E-state index contributed by atoms with van der Waals surface area (Å²) in [4.78, 5) is 21.3. The maximum atomic E-state index is 12.4. The second-order valence-corrected chi connectivity index (χ2v) is 9.56. The van der Waals surface area contributed by atoms with E-state index < -0.39 is 0 Å². The fourth-order valence-corrected chi connectivity index (χ4v) is 6.01. The summed E-state index contributed by atoms with van der Waals surface area (Å²) in [6, 6.07) is 1.85. The molecule has 0 saturated carbocycles. The van der Waals surface area contributed by atoms with Crippen LogP contribution in [0.3, 0.4) is 0 Å². The Morgan fingerprint density at radius 2 is 1.85 bits per heavy atom. The first-order chi connectivity index (χ1) is 13.2. The molecule has 3 aliphatic rings. The number of piperidine rings is 1. The molecule has 144 valence electrons. The monoisotopic (exact) mass is 384 g/mol. The number of rotatable bonds is 4. The van der Waals surface area contributed by atoms with Crippen molar-refractivity contribution in [3.05, 3.63) is 43.3 Å². The van der Waals surface area contributed by atoms with Crippen molar-refractivity contribution in [3.63, 3.8) is 0 Å². The Morgan fingerprint density at radius 1 is 1.04 bits per heavy atom. The first-order valence-electron chi connectivity index (χ1n) is 10.5. The Labute approximate surface area is 164 Å². The van der Waals surface area contributed by atoms with Crippen molar-refractivity contribution in [2.24, 2.45) is 5.92 Å². The van der Waals surface area contributed by atoms with E-state index in [1.165, 1.54) is 53.2 Å². The molecule has 2 aliphatic carbocycles. The number of thiazole rings is 1. The van der Waals surface area contributed by atoms with Gasteiger partial charge in [0, 0.05) is 17.5 Å². The molecule has 0 amide bonds. The molecule has 5 rings (SSSR count). The summed E-state index contributed by atoms with van der Waals surface area (Å²) in [7, 11) is 0. The van der Waals surface area contributed by atoms with Crippen molar-refractivity contribution in [2.75, 3.05) is 13.1 Å². The van der Waals surface area contributed by atoms with Crippen LogP contribution in [0.1, 0.15) is 58.9 Å². The molecule has 1 saturated heterocycles. The molecule has 0 bridgehead atoms. The zero-order valence-electron chi connectivity index (χ0n) is 16.0. The van der Waals surface area contributed by atoms with Crippen LogP contribution >= 0.6 is 11.3 Å². The summed E-state index contributed by atoms with van der Waals surface area (Å²) in [5.41, 5.74) is 3.81. The molecule has 0 radical (unpaired) electrons. The summed E-state index contributed by atoms with van der Waals surface area (Å²) >= 11 is 1.93. The van der Waals surface area contributed by atoms with Crippen molar-refractivity contribution in [3.8, 4) is 0 Å². The Bertz CT molecular complexity index is 857. The predicted octanol–water partition coefficient (Wildman–Crippen LogP) is 2.98. The van der Waals surface area contributed by atoms with Gasteiger partial charge >= 0.3 is 0 Å². The highest BCUT2D eigenvalue weighted by atomic mass is 32.1. The summed E-state index contributed by atoms with van der Waals surface area (Å²) in [6.45, 7) is 4.00. The number of hydrogen-bond acceptors (Lipinski definition) is 5. The second-order valence-electron chi connectivity index (χ2n) is 8.39. The van der Waals surface area contributed by atoms with Gasteiger partial charge in [-0.05, 0) is 82.4 Å². The van der Waals surface area contributed by atoms with Crippen molar-refractivity contribution in [2.45, 2.75) is 70.9 Å². The molecular formula is C21H28N4OS. The SMILES string of the molecule is O=c1cc2c(nn1CC1CCN(Cc3nc4c(s3)CCC4)CC1)CCCC2. The topological polar surface area (TPSA) is 51.0 Å². The average molecular weight is 385 g/mol. The zero-order chi connectivity index (χ0) is 18.2. The summed E-state index contributed by atoms with van der Waals surface area (Å²) in [6.07, 6.45) is 10.5. The summed E-state index contributed by atoms with van der Waals surface area (Å²) < 4.78 is 1.75. The molecule has 0 spiro atoms. The normalized spacial score (nSPS) is 20.6. The van der Waals surface area contributed by atoms with Gasteiger partial charge in [0.1, 0.15) is 5.01 Å². The molecule has 0 atom stereocenters. The molecule has 6 heteroatoms. The molecule has 2 aromatic heterocycles. The van der Waals surface area contributed by atoms with Crippen LogP contribution in [-0.2, 0) is 38.8 Å². The Balaban J connectivity index is 1.18. The smallest absolute Gasteiger partial charge is 0.267 e. The first kappa shape index (κ1) is 17.6. The predicted molar refractivity (Wildman–Crippen MR) is 107 cm³/mol. The number of aryl methyl sites for hydroxylation is 4. The minimum atomic E-state index is 0.0929. The highest BCUT2D eigenvalue weighted by molar-refractivity contribution is 7.11. The molecule has 0 unspecified atom stereocenters. The number of likely N-dealkylation sites (tertiary alicyclic amines) is 1. The minimum Gasteiger partial charge on any atom is -0.297 e. The molecule has 0 aromatic carbocycles. The van der Waals surface area contributed by atoms with E-state index in [1.54, 1.807) is 4.68 Å². The van der Waals surface area contributed by atoms with Crippen LogP contribution in [0.15, 0.2) is 10.9 Å². The maximum absolute atomic E-state index is 12.4. The standard InChI is InChI=1S/C21H28N4OS/c26-21-12-16-4-1-2-5-17(16)23-25(21)13-15-8-10-24(11-9-15)14-20-22-18-6-3-7-19(18)27-20/h12,15H,1-11,13-14H2. The van der Waals surface area contributed by atoms with Gasteiger partial charge in [-0.25, -0.2) is 9.67 Å². The summed E-state index contributed by atoms with van der Waals surface area (Å²) in [5, 5.41) is 6.00. The number of aromatic nitrogens is 3. The molecule has 0 N–H and O–H groups in total. The van der Waals surface area contributed by atoms with Crippen molar-refractivity contribution < 1.29 is 0 Å². The van der Waals surface area contributed by atoms with Crippen LogP contribution in [0, 0.1) is 5.92 Å². The van der Waals surface area contributed by atoms with Crippen LogP contribution in [0.5, 0.6) is 0 Å².